The van der Waals surface area contributed by atoms with Crippen LogP contribution >= 0.6 is 44.2 Å². The largest absolute Gasteiger partial charge is 0.507 e. The zero-order valence-corrected chi connectivity index (χ0v) is 47.9. The molecule has 20 nitrogen and oxygen atoms in total. The molecule has 1 aliphatic rings. The lowest BCUT2D eigenvalue weighted by molar-refractivity contribution is -0.141. The lowest BCUT2D eigenvalue weighted by Gasteiger charge is -2.31. The lowest BCUT2D eigenvalue weighted by atomic mass is 9.90. The number of nitrogens with one attached hydrogen (secondary N) is 7. The van der Waals surface area contributed by atoms with Crippen molar-refractivity contribution in [3.8, 4) is 5.75 Å². The maximum atomic E-state index is 15.1. The molecule has 1 saturated heterocycles. The number of aliphatic hydroxyl groups excluding tert-OH is 1. The quantitative estimate of drug-likeness (QED) is 0.0432. The standard InChI is InChI=1S/C57H68IN9O11S2/c1-32(38-22-21-37-17-9-10-18-39(37)29-38)48-55(75)61-42(19-11-12-24-59)51(71)67-49(33(2)68)56(76)64-44(27-35-15-7-4-8-16-35)53(73)65-46(57(77)78)31-80-79-30-41(60)50(70)62-43(26-34-13-5-3-6-14-34)52(72)63-45(54(74)66-48)28-36-20-23-47(69)40(58)25-36/h3-10,13-18,20-23,25,29,32-33,41-46,48-49,68-69H,11-12,19,24,26-28,30-31,59-60H2,1-2H3,(H,61,75)(H,62,70)(H,63,72)(H,64,76)(H,65,73)(H,66,74)(H,67,71)(H,77,78)/t32-,33+,41+,42-,43-,44-,45-,46-,48+,49-/m0/s1. The lowest BCUT2D eigenvalue weighted by Crippen LogP contribution is -2.62. The smallest absolute Gasteiger partial charge is 0.327 e. The summed E-state index contributed by atoms with van der Waals surface area (Å²) in [5.41, 5.74) is 14.6. The van der Waals surface area contributed by atoms with Crippen LogP contribution < -0.4 is 48.7 Å². The number of amides is 7. The number of hydrogen-bond acceptors (Lipinski definition) is 14. The molecule has 14 N–H and O–H groups in total. The number of carboxylic acids is 1. The van der Waals surface area contributed by atoms with E-state index in [2.05, 4.69) is 37.2 Å². The van der Waals surface area contributed by atoms with Crippen LogP contribution in [-0.4, -0.2) is 135 Å². The van der Waals surface area contributed by atoms with Crippen LogP contribution in [0.2, 0.25) is 0 Å². The van der Waals surface area contributed by atoms with Crippen molar-refractivity contribution in [2.45, 2.75) is 113 Å². The summed E-state index contributed by atoms with van der Waals surface area (Å²) in [7, 11) is 2.04. The minimum absolute atomic E-state index is 0.0177. The minimum atomic E-state index is -1.71. The molecular formula is C57H68IN9O11S2. The third-order valence-corrected chi connectivity index (χ3v) is 16.8. The fourth-order valence-electron chi connectivity index (χ4n) is 8.85. The van der Waals surface area contributed by atoms with Crippen molar-refractivity contribution < 1.29 is 53.7 Å². The van der Waals surface area contributed by atoms with E-state index in [0.717, 1.165) is 32.4 Å². The van der Waals surface area contributed by atoms with Crippen LogP contribution in [0, 0.1) is 3.57 Å². The minimum Gasteiger partial charge on any atom is -0.507 e. The Kier molecular flexibility index (Phi) is 24.0. The van der Waals surface area contributed by atoms with Gasteiger partial charge in [0.25, 0.3) is 0 Å². The van der Waals surface area contributed by atoms with Crippen LogP contribution in [0.1, 0.15) is 61.3 Å². The summed E-state index contributed by atoms with van der Waals surface area (Å²) in [5, 5.41) is 52.4. The molecule has 426 valence electrons. The van der Waals surface area contributed by atoms with E-state index in [9.17, 15) is 44.1 Å². The molecule has 1 heterocycles. The summed E-state index contributed by atoms with van der Waals surface area (Å²) >= 11 is 1.93. The molecule has 7 amide bonds. The van der Waals surface area contributed by atoms with Gasteiger partial charge in [-0.2, -0.15) is 0 Å². The highest BCUT2D eigenvalue weighted by Crippen LogP contribution is 2.27. The second-order valence-corrected chi connectivity index (χ2v) is 23.3. The summed E-state index contributed by atoms with van der Waals surface area (Å²) in [4.78, 5) is 114. The van der Waals surface area contributed by atoms with Crippen LogP contribution in [0.4, 0.5) is 0 Å². The number of halogens is 1. The van der Waals surface area contributed by atoms with Crippen molar-refractivity contribution in [3.05, 3.63) is 147 Å². The monoisotopic (exact) mass is 1250 g/mol. The molecule has 0 unspecified atom stereocenters. The van der Waals surface area contributed by atoms with Crippen molar-refractivity contribution in [2.75, 3.05) is 18.1 Å². The Balaban J connectivity index is 1.43. The van der Waals surface area contributed by atoms with Crippen LogP contribution in [-0.2, 0) is 57.6 Å². The molecule has 0 spiro atoms. The van der Waals surface area contributed by atoms with Gasteiger partial charge in [-0.25, -0.2) is 4.79 Å². The number of phenolic OH excluding ortho intramolecular Hbond substituents is 1. The third-order valence-electron chi connectivity index (χ3n) is 13.5. The Labute approximate surface area is 485 Å². The molecule has 0 bridgehead atoms. The maximum Gasteiger partial charge on any atom is 0.327 e. The predicted molar refractivity (Wildman–Crippen MR) is 316 cm³/mol. The average molecular weight is 1250 g/mol. The van der Waals surface area contributed by atoms with Gasteiger partial charge in [0.2, 0.25) is 41.4 Å². The number of carbonyl (C=O) groups excluding carboxylic acids is 7. The number of aliphatic hydroxyl groups is 1. The second kappa shape index (κ2) is 30.7. The first-order chi connectivity index (χ1) is 38.3. The van der Waals surface area contributed by atoms with Gasteiger partial charge in [-0.05, 0) is 100 Å². The van der Waals surface area contributed by atoms with Gasteiger partial charge in [0.15, 0.2) is 0 Å². The molecule has 80 heavy (non-hydrogen) atoms. The van der Waals surface area contributed by atoms with E-state index in [1.54, 1.807) is 79.7 Å². The van der Waals surface area contributed by atoms with Crippen molar-refractivity contribution in [1.29, 1.82) is 0 Å². The molecule has 0 aromatic heterocycles. The SMILES string of the molecule is C[C@@H](O)[C@@H]1NC(=O)[C@H](CCCCN)NC(=O)[C@@H]([C@@H](C)c2ccc3ccccc3c2)NC(=O)[C@H](Cc2ccc(O)c(I)c2)NC(=O)[C@H](Cc2ccccc2)NC(=O)[C@H](N)CSSC[C@@H](C(=O)O)NC(=O)[C@H](Cc2ccccc2)NC1=O. The van der Waals surface area contributed by atoms with Crippen LogP contribution in [0.3, 0.4) is 0 Å². The number of rotatable bonds is 14. The summed E-state index contributed by atoms with van der Waals surface area (Å²) in [6.45, 7) is 3.20. The summed E-state index contributed by atoms with van der Waals surface area (Å²) in [5.74, 6) is -8.51. The number of phenols is 1. The van der Waals surface area contributed by atoms with Crippen molar-refractivity contribution >= 4 is 102 Å². The van der Waals surface area contributed by atoms with Crippen LogP contribution in [0.25, 0.3) is 10.8 Å². The number of benzene rings is 5. The molecule has 0 aliphatic carbocycles. The zero-order chi connectivity index (χ0) is 57.9. The van der Waals surface area contributed by atoms with Crippen molar-refractivity contribution in [2.24, 2.45) is 11.5 Å². The zero-order valence-electron chi connectivity index (χ0n) is 44.1. The van der Waals surface area contributed by atoms with Gasteiger partial charge < -0.3 is 64.0 Å². The fraction of sp³-hybridized carbons (Fsp3) is 0.368. The molecule has 1 fully saturated rings. The Morgan fingerprint density at radius 1 is 0.575 bits per heavy atom. The first-order valence-corrected chi connectivity index (χ1v) is 29.7. The van der Waals surface area contributed by atoms with Gasteiger partial charge >= 0.3 is 5.97 Å². The Morgan fingerprint density at radius 3 is 1.68 bits per heavy atom. The number of carboxylic acid groups (broad SMARTS) is 1. The topological polar surface area (TPSA) is 333 Å². The molecule has 0 saturated carbocycles. The highest BCUT2D eigenvalue weighted by atomic mass is 127. The Hall–Kier alpha value is -6.77. The summed E-state index contributed by atoms with van der Waals surface area (Å²) in [6, 6.07) is 23.6. The number of aliphatic carboxylic acids is 1. The molecule has 6 rings (SSSR count). The van der Waals surface area contributed by atoms with E-state index >= 15 is 9.59 Å². The van der Waals surface area contributed by atoms with Gasteiger partial charge in [-0.1, -0.05) is 138 Å². The van der Waals surface area contributed by atoms with E-state index < -0.39 is 108 Å². The highest BCUT2D eigenvalue weighted by molar-refractivity contribution is 14.1. The van der Waals surface area contributed by atoms with Gasteiger partial charge in [-0.3, -0.25) is 33.6 Å². The molecule has 5 aromatic carbocycles. The first kappa shape index (κ1) is 62.4. The number of unbranched alkanes of at least 4 members (excludes halogenated alkanes) is 1. The second-order valence-electron chi connectivity index (χ2n) is 19.6. The molecule has 0 radical (unpaired) electrons. The molecule has 1 aliphatic heterocycles. The molecular weight excluding hydrogens is 1180 g/mol. The Morgan fingerprint density at radius 2 is 1.07 bits per heavy atom. The molecule has 5 aromatic rings. The fourth-order valence-corrected chi connectivity index (χ4v) is 11.7. The first-order valence-electron chi connectivity index (χ1n) is 26.1. The van der Waals surface area contributed by atoms with Gasteiger partial charge in [0.1, 0.15) is 48.0 Å². The van der Waals surface area contributed by atoms with E-state index in [-0.39, 0.29) is 49.5 Å². The van der Waals surface area contributed by atoms with Crippen LogP contribution in [0.5, 0.6) is 5.75 Å². The number of hydrogen-bond donors (Lipinski definition) is 12. The van der Waals surface area contributed by atoms with E-state index in [0.29, 0.717) is 38.7 Å². The van der Waals surface area contributed by atoms with E-state index in [1.165, 1.54) is 13.0 Å². The highest BCUT2D eigenvalue weighted by Gasteiger charge is 2.38. The molecule has 23 heteroatoms. The van der Waals surface area contributed by atoms with Gasteiger partial charge in [0.05, 0.1) is 15.7 Å². The van der Waals surface area contributed by atoms with Crippen molar-refractivity contribution in [1.82, 2.24) is 37.2 Å². The Bertz CT molecular complexity index is 2960. The number of carbonyl (C=O) groups is 8. The van der Waals surface area contributed by atoms with Crippen LogP contribution in [0.15, 0.2) is 121 Å². The number of fused-ring (bicyclic) bond motifs is 1. The van der Waals surface area contributed by atoms with E-state index in [4.69, 9.17) is 11.5 Å². The van der Waals surface area contributed by atoms with Crippen molar-refractivity contribution in [3.63, 3.8) is 0 Å². The molecule has 10 atom stereocenters. The average Bonchev–Trinajstić information content (AvgIpc) is 3.45. The normalized spacial score (nSPS) is 23.4. The maximum absolute atomic E-state index is 15.1. The number of aromatic hydroxyl groups is 1. The van der Waals surface area contributed by atoms with Gasteiger partial charge in [-0.15, -0.1) is 0 Å². The predicted octanol–water partition coefficient (Wildman–Crippen LogP) is 2.69. The van der Waals surface area contributed by atoms with E-state index in [1.807, 2.05) is 65.1 Å². The summed E-state index contributed by atoms with van der Waals surface area (Å²) in [6.07, 6.45) is -1.19. The third kappa shape index (κ3) is 18.4. The number of nitrogens with two attached hydrogens (primary N) is 2. The summed E-state index contributed by atoms with van der Waals surface area (Å²) < 4.78 is 0.452. The van der Waals surface area contributed by atoms with Gasteiger partial charge in [0, 0.05) is 36.7 Å².